The number of anilines is 3. The van der Waals surface area contributed by atoms with Gasteiger partial charge in [0, 0.05) is 49.5 Å². The molecule has 6 heteroatoms. The number of ether oxygens (including phenoxy) is 1. The summed E-state index contributed by atoms with van der Waals surface area (Å²) in [6.45, 7) is 2.57. The maximum atomic E-state index is 5.92. The van der Waals surface area contributed by atoms with E-state index in [0.29, 0.717) is 6.61 Å². The molecule has 0 fully saturated rings. The van der Waals surface area contributed by atoms with Crippen molar-refractivity contribution in [3.63, 3.8) is 0 Å². The first-order chi connectivity index (χ1) is 19.7. The molecule has 0 atom stereocenters. The van der Waals surface area contributed by atoms with Crippen LogP contribution in [0.5, 0.6) is 5.75 Å². The van der Waals surface area contributed by atoms with Crippen molar-refractivity contribution in [1.29, 1.82) is 0 Å². The van der Waals surface area contributed by atoms with Gasteiger partial charge < -0.3 is 19.5 Å². The van der Waals surface area contributed by atoms with Crippen molar-refractivity contribution in [3.05, 3.63) is 146 Å². The van der Waals surface area contributed by atoms with Gasteiger partial charge in [-0.25, -0.2) is 29.3 Å². The first-order valence-corrected chi connectivity index (χ1v) is 13.1. The molecule has 0 aliphatic carbocycles. The van der Waals surface area contributed by atoms with Gasteiger partial charge in [0.25, 0.3) is 0 Å². The van der Waals surface area contributed by atoms with Gasteiger partial charge in [0.15, 0.2) is 0 Å². The quantitative estimate of drug-likeness (QED) is 0.166. The van der Waals surface area contributed by atoms with Crippen LogP contribution in [0.2, 0.25) is 0 Å². The van der Waals surface area contributed by atoms with Crippen molar-refractivity contribution >= 4 is 28.0 Å². The molecule has 0 unspecified atom stereocenters. The SMILES string of the molecule is CN1[CH-]N(c2[c-]cccc2)c2ccccc21.[Ir+3].[Y].[c-]1ccccc1-c1[c-]c2c([c-]c1)-c1nc3ccccc3cc1OC2. The van der Waals surface area contributed by atoms with Crippen LogP contribution in [-0.2, 0) is 59.4 Å². The molecule has 5 aromatic carbocycles. The molecule has 2 aliphatic heterocycles. The molecular formula is C36H24IrN3OY-2. The zero-order valence-corrected chi connectivity index (χ0v) is 28.1. The van der Waals surface area contributed by atoms with Gasteiger partial charge in [-0.1, -0.05) is 30.3 Å². The predicted molar refractivity (Wildman–Crippen MR) is 160 cm³/mol. The number of hydrogen-bond donors (Lipinski definition) is 0. The minimum Gasteiger partial charge on any atom is -0.508 e. The summed E-state index contributed by atoms with van der Waals surface area (Å²) in [6.07, 6.45) is 0. The molecule has 0 amide bonds. The van der Waals surface area contributed by atoms with Crippen LogP contribution in [0.3, 0.4) is 0 Å². The third kappa shape index (κ3) is 5.93. The molecule has 0 bridgehead atoms. The second kappa shape index (κ2) is 13.3. The van der Waals surface area contributed by atoms with Gasteiger partial charge in [0.05, 0.1) is 17.9 Å². The maximum absolute atomic E-state index is 5.92. The first-order valence-electron chi connectivity index (χ1n) is 13.1. The van der Waals surface area contributed by atoms with Crippen LogP contribution in [0.15, 0.2) is 109 Å². The van der Waals surface area contributed by atoms with Gasteiger partial charge in [0.2, 0.25) is 0 Å². The van der Waals surface area contributed by atoms with Crippen molar-refractivity contribution in [2.45, 2.75) is 6.61 Å². The molecule has 0 N–H and O–H groups in total. The molecule has 3 heterocycles. The Morgan fingerprint density at radius 3 is 2.33 bits per heavy atom. The van der Waals surface area contributed by atoms with E-state index in [1.807, 2.05) is 78.9 Å². The number of rotatable bonds is 2. The number of para-hydroxylation sites is 4. The second-order valence-corrected chi connectivity index (χ2v) is 9.61. The number of benzene rings is 5. The number of aromatic nitrogens is 1. The first kappa shape index (κ1) is 30.1. The fourth-order valence-corrected chi connectivity index (χ4v) is 5.04. The Balaban J connectivity index is 0.000000172. The Bertz CT molecular complexity index is 1810. The fraction of sp³-hybridized carbons (Fsp3) is 0.0556. The van der Waals surface area contributed by atoms with E-state index in [-0.39, 0.29) is 52.8 Å². The summed E-state index contributed by atoms with van der Waals surface area (Å²) in [7, 11) is 2.06. The largest absolute Gasteiger partial charge is 3.00 e. The van der Waals surface area contributed by atoms with Crippen LogP contribution in [0, 0.1) is 30.9 Å². The molecule has 4 nitrogen and oxygen atoms in total. The van der Waals surface area contributed by atoms with Crippen LogP contribution in [0.25, 0.3) is 33.3 Å². The Labute approximate surface area is 285 Å². The summed E-state index contributed by atoms with van der Waals surface area (Å²) in [5.41, 5.74) is 9.24. The predicted octanol–water partition coefficient (Wildman–Crippen LogP) is 8.05. The standard InChI is InChI=1S/C22H12NO.C14H12N2.Ir.Y/c1-2-6-15(7-3-1)16-10-11-19-18(12-16)14-24-21-13-17-8-4-5-9-20(17)23-22(19)21;1-15-11-16(12-7-3-2-4-8-12)14-10-6-5-9-13(14)15;;/h1-6,8-10,13H,14H2;2-7,9-11H,1H3;;/q-3;-2;+3;. The summed E-state index contributed by atoms with van der Waals surface area (Å²) in [4.78, 5) is 9.04. The topological polar surface area (TPSA) is 28.6 Å². The average Bonchev–Trinajstić information content (AvgIpc) is 3.37. The number of pyridine rings is 1. The van der Waals surface area contributed by atoms with E-state index in [0.717, 1.165) is 50.3 Å². The number of fused-ring (bicyclic) bond motifs is 5. The molecule has 1 radical (unpaired) electrons. The van der Waals surface area contributed by atoms with E-state index in [1.54, 1.807) is 0 Å². The average molecular weight is 796 g/mol. The number of hydrogen-bond acceptors (Lipinski definition) is 4. The van der Waals surface area contributed by atoms with E-state index in [4.69, 9.17) is 9.72 Å². The third-order valence-corrected chi connectivity index (χ3v) is 7.01. The molecule has 2 aliphatic rings. The van der Waals surface area contributed by atoms with Crippen molar-refractivity contribution in [1.82, 2.24) is 4.98 Å². The van der Waals surface area contributed by atoms with Crippen LogP contribution in [-0.4, -0.2) is 12.0 Å². The normalized spacial score (nSPS) is 12.4. The molecule has 1 aromatic heterocycles. The summed E-state index contributed by atoms with van der Waals surface area (Å²) >= 11 is 0. The van der Waals surface area contributed by atoms with Crippen LogP contribution in [0.1, 0.15) is 5.56 Å². The summed E-state index contributed by atoms with van der Waals surface area (Å²) in [6, 6.07) is 49.6. The van der Waals surface area contributed by atoms with E-state index in [2.05, 4.69) is 78.1 Å². The summed E-state index contributed by atoms with van der Waals surface area (Å²) < 4.78 is 5.92. The van der Waals surface area contributed by atoms with Crippen LogP contribution in [0.4, 0.5) is 17.1 Å². The molecule has 0 saturated heterocycles. The monoisotopic (exact) mass is 796 g/mol. The molecule has 0 saturated carbocycles. The Morgan fingerprint density at radius 1 is 0.810 bits per heavy atom. The van der Waals surface area contributed by atoms with Crippen LogP contribution < -0.4 is 14.5 Å². The van der Waals surface area contributed by atoms with Gasteiger partial charge >= 0.3 is 20.1 Å². The molecular weight excluding hydrogens is 772 g/mol. The van der Waals surface area contributed by atoms with Crippen molar-refractivity contribution in [2.24, 2.45) is 0 Å². The van der Waals surface area contributed by atoms with Crippen molar-refractivity contribution < 1.29 is 57.6 Å². The zero-order chi connectivity index (χ0) is 26.9. The molecule has 8 rings (SSSR count). The van der Waals surface area contributed by atoms with Gasteiger partial charge in [0.1, 0.15) is 0 Å². The van der Waals surface area contributed by atoms with Gasteiger partial charge in [-0.2, -0.15) is 72.4 Å². The van der Waals surface area contributed by atoms with E-state index in [9.17, 15) is 0 Å². The smallest absolute Gasteiger partial charge is 0.508 e. The van der Waals surface area contributed by atoms with E-state index >= 15 is 0 Å². The van der Waals surface area contributed by atoms with E-state index in [1.165, 1.54) is 11.4 Å². The Kier molecular flexibility index (Phi) is 9.55. The molecule has 6 aromatic rings. The van der Waals surface area contributed by atoms with Crippen LogP contribution >= 0.6 is 0 Å². The Morgan fingerprint density at radius 2 is 1.55 bits per heavy atom. The van der Waals surface area contributed by atoms with E-state index < -0.39 is 0 Å². The summed E-state index contributed by atoms with van der Waals surface area (Å²) in [5.74, 6) is 0.810. The van der Waals surface area contributed by atoms with Gasteiger partial charge in [-0.3, -0.25) is 0 Å². The summed E-state index contributed by atoms with van der Waals surface area (Å²) in [5, 5.41) is 1.08. The Hall–Kier alpha value is -3.34. The van der Waals surface area contributed by atoms with Crippen molar-refractivity contribution in [2.75, 3.05) is 16.8 Å². The molecule has 203 valence electrons. The minimum atomic E-state index is 0. The van der Waals surface area contributed by atoms with Gasteiger partial charge in [-0.05, 0) is 37.0 Å². The third-order valence-electron chi connectivity index (χ3n) is 7.01. The zero-order valence-electron chi connectivity index (χ0n) is 22.8. The number of nitrogens with zero attached hydrogens (tertiary/aromatic N) is 3. The fourth-order valence-electron chi connectivity index (χ4n) is 5.04. The van der Waals surface area contributed by atoms with Crippen molar-refractivity contribution in [3.8, 4) is 28.1 Å². The van der Waals surface area contributed by atoms with Gasteiger partial charge in [-0.15, -0.1) is 11.8 Å². The molecule has 0 spiro atoms. The maximum Gasteiger partial charge on any atom is 3.00 e. The minimum absolute atomic E-state index is 0. The second-order valence-electron chi connectivity index (χ2n) is 9.61. The molecule has 42 heavy (non-hydrogen) atoms.